The highest BCUT2D eigenvalue weighted by Gasteiger charge is 2.23. The number of rotatable bonds is 3. The van der Waals surface area contributed by atoms with Crippen molar-refractivity contribution in [2.24, 2.45) is 11.5 Å². The van der Waals surface area contributed by atoms with Crippen LogP contribution in [-0.4, -0.2) is 36.0 Å². The Morgan fingerprint density at radius 1 is 1.30 bits per heavy atom. The van der Waals surface area contributed by atoms with E-state index in [-0.39, 0.29) is 11.9 Å². The maximum absolute atomic E-state index is 12.4. The highest BCUT2D eigenvalue weighted by Crippen LogP contribution is 2.12. The van der Waals surface area contributed by atoms with E-state index in [1.807, 2.05) is 17.0 Å². The largest absolute Gasteiger partial charge is 0.341 e. The molecule has 1 saturated heterocycles. The van der Waals surface area contributed by atoms with Crippen LogP contribution >= 0.6 is 0 Å². The van der Waals surface area contributed by atoms with Gasteiger partial charge in [-0.05, 0) is 38.2 Å². The predicted molar refractivity (Wildman–Crippen MR) is 81.3 cm³/mol. The molecular formula is C16H25N3O. The van der Waals surface area contributed by atoms with Crippen LogP contribution in [0.3, 0.4) is 0 Å². The fraction of sp³-hybridized carbons (Fsp3) is 0.562. The van der Waals surface area contributed by atoms with E-state index in [9.17, 15) is 4.79 Å². The number of hydrogen-bond acceptors (Lipinski definition) is 3. The Balaban J connectivity index is 1.92. The number of hydrogen-bond donors (Lipinski definition) is 2. The molecule has 4 nitrogen and oxygen atoms in total. The van der Waals surface area contributed by atoms with Crippen LogP contribution in [0.4, 0.5) is 0 Å². The third-order valence-electron chi connectivity index (χ3n) is 3.98. The maximum atomic E-state index is 12.4. The Morgan fingerprint density at radius 2 is 2.00 bits per heavy atom. The van der Waals surface area contributed by atoms with E-state index in [1.165, 1.54) is 5.56 Å². The molecule has 0 aliphatic carbocycles. The van der Waals surface area contributed by atoms with Gasteiger partial charge in [0.2, 0.25) is 5.91 Å². The van der Waals surface area contributed by atoms with E-state index in [1.54, 1.807) is 0 Å². The van der Waals surface area contributed by atoms with Gasteiger partial charge in [-0.15, -0.1) is 0 Å². The van der Waals surface area contributed by atoms with Gasteiger partial charge in [0.25, 0.3) is 0 Å². The lowest BCUT2D eigenvalue weighted by Crippen LogP contribution is -2.45. The summed E-state index contributed by atoms with van der Waals surface area (Å²) in [7, 11) is 0. The van der Waals surface area contributed by atoms with Crippen molar-refractivity contribution < 1.29 is 4.79 Å². The van der Waals surface area contributed by atoms with Gasteiger partial charge in [0.1, 0.15) is 0 Å². The smallest absolute Gasteiger partial charge is 0.239 e. The topological polar surface area (TPSA) is 72.4 Å². The zero-order valence-corrected chi connectivity index (χ0v) is 12.2. The SMILES string of the molecule is Cc1ccc(CC(N)C(=O)N2CCCC(N)CC2)cc1. The van der Waals surface area contributed by atoms with Crippen LogP contribution in [0.1, 0.15) is 30.4 Å². The molecule has 1 amide bonds. The van der Waals surface area contributed by atoms with Crippen LogP contribution in [-0.2, 0) is 11.2 Å². The van der Waals surface area contributed by atoms with Crippen molar-refractivity contribution in [1.82, 2.24) is 4.90 Å². The van der Waals surface area contributed by atoms with E-state index in [4.69, 9.17) is 11.5 Å². The lowest BCUT2D eigenvalue weighted by molar-refractivity contribution is -0.132. The molecule has 2 unspecified atom stereocenters. The molecule has 0 bridgehead atoms. The fourth-order valence-corrected chi connectivity index (χ4v) is 2.64. The van der Waals surface area contributed by atoms with Crippen molar-refractivity contribution in [1.29, 1.82) is 0 Å². The van der Waals surface area contributed by atoms with E-state index >= 15 is 0 Å². The molecule has 0 aromatic heterocycles. The predicted octanol–water partition coefficient (Wildman–Crippen LogP) is 1.20. The maximum Gasteiger partial charge on any atom is 0.239 e. The van der Waals surface area contributed by atoms with Gasteiger partial charge in [0.15, 0.2) is 0 Å². The number of carbonyl (C=O) groups is 1. The van der Waals surface area contributed by atoms with Crippen LogP contribution in [0.2, 0.25) is 0 Å². The summed E-state index contributed by atoms with van der Waals surface area (Å²) in [6.45, 7) is 3.57. The van der Waals surface area contributed by atoms with Gasteiger partial charge in [-0.3, -0.25) is 4.79 Å². The Morgan fingerprint density at radius 3 is 2.70 bits per heavy atom. The summed E-state index contributed by atoms with van der Waals surface area (Å²) in [6.07, 6.45) is 3.45. The Bertz CT molecular complexity index is 444. The first kappa shape index (κ1) is 15.0. The second kappa shape index (κ2) is 6.86. The molecule has 1 aromatic rings. The number of amides is 1. The summed E-state index contributed by atoms with van der Waals surface area (Å²) in [6, 6.07) is 7.96. The van der Waals surface area contributed by atoms with Gasteiger partial charge in [0.05, 0.1) is 6.04 Å². The normalized spacial score (nSPS) is 21.4. The first-order valence-electron chi connectivity index (χ1n) is 7.42. The van der Waals surface area contributed by atoms with Crippen molar-refractivity contribution in [3.05, 3.63) is 35.4 Å². The quantitative estimate of drug-likeness (QED) is 0.871. The highest BCUT2D eigenvalue weighted by atomic mass is 16.2. The zero-order valence-electron chi connectivity index (χ0n) is 12.2. The third-order valence-corrected chi connectivity index (χ3v) is 3.98. The van der Waals surface area contributed by atoms with Crippen molar-refractivity contribution in [3.63, 3.8) is 0 Å². The molecule has 1 aliphatic heterocycles. The molecule has 0 spiro atoms. The summed E-state index contributed by atoms with van der Waals surface area (Å²) >= 11 is 0. The van der Waals surface area contributed by atoms with Crippen LogP contribution in [0, 0.1) is 6.92 Å². The average Bonchev–Trinajstić information content (AvgIpc) is 2.65. The molecule has 4 N–H and O–H groups in total. The molecule has 110 valence electrons. The van der Waals surface area contributed by atoms with E-state index in [0.717, 1.165) is 37.9 Å². The van der Waals surface area contributed by atoms with Gasteiger partial charge in [-0.25, -0.2) is 0 Å². The molecule has 1 heterocycles. The van der Waals surface area contributed by atoms with E-state index in [2.05, 4.69) is 19.1 Å². The molecule has 1 aliphatic rings. The number of likely N-dealkylation sites (tertiary alicyclic amines) is 1. The van der Waals surface area contributed by atoms with Crippen LogP contribution in [0.5, 0.6) is 0 Å². The number of nitrogens with zero attached hydrogens (tertiary/aromatic N) is 1. The fourth-order valence-electron chi connectivity index (χ4n) is 2.64. The van der Waals surface area contributed by atoms with Crippen molar-refractivity contribution in [2.45, 2.75) is 44.7 Å². The van der Waals surface area contributed by atoms with Gasteiger partial charge in [-0.1, -0.05) is 29.8 Å². The monoisotopic (exact) mass is 275 g/mol. The minimum atomic E-state index is -0.452. The van der Waals surface area contributed by atoms with Gasteiger partial charge < -0.3 is 16.4 Å². The second-order valence-corrected chi connectivity index (χ2v) is 5.81. The van der Waals surface area contributed by atoms with Gasteiger partial charge in [-0.2, -0.15) is 0 Å². The van der Waals surface area contributed by atoms with Crippen LogP contribution in [0.25, 0.3) is 0 Å². The standard InChI is InChI=1S/C16H25N3O/c1-12-4-6-13(7-5-12)11-15(18)16(20)19-9-2-3-14(17)8-10-19/h4-7,14-15H,2-3,8-11,17-18H2,1H3. The molecule has 0 radical (unpaired) electrons. The molecule has 1 fully saturated rings. The minimum Gasteiger partial charge on any atom is -0.341 e. The molecule has 0 saturated carbocycles. The van der Waals surface area contributed by atoms with Crippen LogP contribution in [0.15, 0.2) is 24.3 Å². The Labute approximate surface area is 121 Å². The zero-order chi connectivity index (χ0) is 14.5. The first-order valence-corrected chi connectivity index (χ1v) is 7.42. The second-order valence-electron chi connectivity index (χ2n) is 5.81. The first-order chi connectivity index (χ1) is 9.56. The van der Waals surface area contributed by atoms with Crippen LogP contribution < -0.4 is 11.5 Å². The summed E-state index contributed by atoms with van der Waals surface area (Å²) < 4.78 is 0. The van der Waals surface area contributed by atoms with Gasteiger partial charge in [0, 0.05) is 19.1 Å². The molecule has 2 rings (SSSR count). The summed E-state index contributed by atoms with van der Waals surface area (Å²) in [5, 5.41) is 0. The van der Waals surface area contributed by atoms with Crippen molar-refractivity contribution >= 4 is 5.91 Å². The van der Waals surface area contributed by atoms with Gasteiger partial charge >= 0.3 is 0 Å². The summed E-state index contributed by atoms with van der Waals surface area (Å²) in [5.74, 6) is 0.0553. The third kappa shape index (κ3) is 4.05. The lowest BCUT2D eigenvalue weighted by atomic mass is 10.0. The number of nitrogens with two attached hydrogens (primary N) is 2. The summed E-state index contributed by atoms with van der Waals surface area (Å²) in [5.41, 5.74) is 14.4. The number of carbonyl (C=O) groups excluding carboxylic acids is 1. The lowest BCUT2D eigenvalue weighted by Gasteiger charge is -2.24. The molecule has 4 heteroatoms. The molecule has 20 heavy (non-hydrogen) atoms. The number of benzene rings is 1. The summed E-state index contributed by atoms with van der Waals surface area (Å²) in [4.78, 5) is 14.3. The number of aryl methyl sites for hydroxylation is 1. The average molecular weight is 275 g/mol. The molecule has 2 atom stereocenters. The van der Waals surface area contributed by atoms with E-state index in [0.29, 0.717) is 6.42 Å². The molecular weight excluding hydrogens is 250 g/mol. The molecule has 1 aromatic carbocycles. The Kier molecular flexibility index (Phi) is 5.15. The van der Waals surface area contributed by atoms with E-state index < -0.39 is 6.04 Å². The highest BCUT2D eigenvalue weighted by molar-refractivity contribution is 5.82. The van der Waals surface area contributed by atoms with Crippen molar-refractivity contribution in [2.75, 3.05) is 13.1 Å². The van der Waals surface area contributed by atoms with Crippen molar-refractivity contribution in [3.8, 4) is 0 Å². The minimum absolute atomic E-state index is 0.0553. The Hall–Kier alpha value is -1.39.